The summed E-state index contributed by atoms with van der Waals surface area (Å²) < 4.78 is 2.07. The summed E-state index contributed by atoms with van der Waals surface area (Å²) in [6, 6.07) is 10.7. The fourth-order valence-electron chi connectivity index (χ4n) is 4.52. The summed E-state index contributed by atoms with van der Waals surface area (Å²) in [7, 11) is 0. The number of imidazole rings is 1. The van der Waals surface area contributed by atoms with Gasteiger partial charge in [-0.3, -0.25) is 10.1 Å². The number of aryl methyl sites for hydroxylation is 1. The first-order valence-corrected chi connectivity index (χ1v) is 10.4. The Labute approximate surface area is 173 Å². The van der Waals surface area contributed by atoms with E-state index in [0.717, 1.165) is 76.2 Å². The van der Waals surface area contributed by atoms with Crippen molar-refractivity contribution in [1.82, 2.24) is 35.0 Å². The SMILES string of the molecule is Cc1cn(-c2cccc3[nH]c(-c4n[nH]c5cnc(C6CCNCC6)cc45)cc23)cn1. The lowest BCUT2D eigenvalue weighted by atomic mass is 9.93. The van der Waals surface area contributed by atoms with Crippen LogP contribution in [0.2, 0.25) is 0 Å². The average molecular weight is 397 g/mol. The Bertz CT molecular complexity index is 1350. The van der Waals surface area contributed by atoms with Gasteiger partial charge < -0.3 is 14.9 Å². The fraction of sp³-hybridized carbons (Fsp3) is 0.261. The van der Waals surface area contributed by atoms with E-state index >= 15 is 0 Å². The third-order valence-electron chi connectivity index (χ3n) is 6.11. The fourth-order valence-corrected chi connectivity index (χ4v) is 4.52. The van der Waals surface area contributed by atoms with Gasteiger partial charge in [0, 0.05) is 34.1 Å². The van der Waals surface area contributed by atoms with Crippen LogP contribution in [0.4, 0.5) is 0 Å². The average Bonchev–Trinajstić information content (AvgIpc) is 3.51. The summed E-state index contributed by atoms with van der Waals surface area (Å²) >= 11 is 0. The molecule has 0 saturated carbocycles. The van der Waals surface area contributed by atoms with Crippen LogP contribution >= 0.6 is 0 Å². The second-order valence-corrected chi connectivity index (χ2v) is 8.09. The van der Waals surface area contributed by atoms with Gasteiger partial charge in [0.15, 0.2) is 0 Å². The van der Waals surface area contributed by atoms with Gasteiger partial charge in [0.2, 0.25) is 0 Å². The van der Waals surface area contributed by atoms with Gasteiger partial charge in [-0.2, -0.15) is 5.10 Å². The van der Waals surface area contributed by atoms with E-state index in [1.807, 2.05) is 25.6 Å². The van der Waals surface area contributed by atoms with Gasteiger partial charge in [0.25, 0.3) is 0 Å². The molecule has 3 N–H and O–H groups in total. The maximum absolute atomic E-state index is 4.72. The molecule has 1 fully saturated rings. The van der Waals surface area contributed by atoms with Crippen molar-refractivity contribution in [2.45, 2.75) is 25.7 Å². The third-order valence-corrected chi connectivity index (χ3v) is 6.11. The van der Waals surface area contributed by atoms with Crippen LogP contribution in [0.15, 0.2) is 49.1 Å². The Morgan fingerprint density at radius 3 is 2.77 bits per heavy atom. The van der Waals surface area contributed by atoms with Crippen LogP contribution in [-0.4, -0.2) is 42.8 Å². The Morgan fingerprint density at radius 2 is 1.93 bits per heavy atom. The summed E-state index contributed by atoms with van der Waals surface area (Å²) in [4.78, 5) is 12.7. The number of rotatable bonds is 3. The lowest BCUT2D eigenvalue weighted by molar-refractivity contribution is 0.453. The highest BCUT2D eigenvalue weighted by Gasteiger charge is 2.19. The van der Waals surface area contributed by atoms with Crippen LogP contribution in [0.3, 0.4) is 0 Å². The molecule has 30 heavy (non-hydrogen) atoms. The minimum atomic E-state index is 0.511. The summed E-state index contributed by atoms with van der Waals surface area (Å²) in [6.07, 6.45) is 8.09. The molecule has 0 spiro atoms. The molecule has 7 heteroatoms. The second-order valence-electron chi connectivity index (χ2n) is 8.09. The van der Waals surface area contributed by atoms with Gasteiger partial charge in [-0.1, -0.05) is 6.07 Å². The van der Waals surface area contributed by atoms with Crippen molar-refractivity contribution in [1.29, 1.82) is 0 Å². The van der Waals surface area contributed by atoms with E-state index in [-0.39, 0.29) is 0 Å². The van der Waals surface area contributed by atoms with E-state index < -0.39 is 0 Å². The molecule has 4 aromatic heterocycles. The zero-order valence-electron chi connectivity index (χ0n) is 16.8. The number of hydrogen-bond acceptors (Lipinski definition) is 4. The van der Waals surface area contributed by atoms with Crippen molar-refractivity contribution >= 4 is 21.8 Å². The molecule has 5 heterocycles. The first-order chi connectivity index (χ1) is 14.8. The van der Waals surface area contributed by atoms with Gasteiger partial charge in [0.1, 0.15) is 5.69 Å². The highest BCUT2D eigenvalue weighted by molar-refractivity contribution is 5.97. The van der Waals surface area contributed by atoms with Crippen molar-refractivity contribution < 1.29 is 0 Å². The van der Waals surface area contributed by atoms with E-state index in [1.165, 1.54) is 0 Å². The Kier molecular flexibility index (Phi) is 3.95. The Hall–Kier alpha value is -3.45. The number of aromatic nitrogens is 6. The summed E-state index contributed by atoms with van der Waals surface area (Å²) in [5, 5.41) is 13.5. The Morgan fingerprint density at radius 1 is 1.03 bits per heavy atom. The van der Waals surface area contributed by atoms with Gasteiger partial charge in [-0.05, 0) is 57.1 Å². The van der Waals surface area contributed by atoms with Crippen molar-refractivity contribution in [3.05, 3.63) is 60.4 Å². The molecule has 1 aliphatic rings. The molecular weight excluding hydrogens is 374 g/mol. The van der Waals surface area contributed by atoms with E-state index in [2.05, 4.69) is 60.4 Å². The molecule has 0 unspecified atom stereocenters. The van der Waals surface area contributed by atoms with Crippen LogP contribution < -0.4 is 5.32 Å². The van der Waals surface area contributed by atoms with Crippen LogP contribution in [0.5, 0.6) is 0 Å². The number of aromatic amines is 2. The molecule has 0 amide bonds. The van der Waals surface area contributed by atoms with Gasteiger partial charge >= 0.3 is 0 Å². The zero-order valence-corrected chi connectivity index (χ0v) is 16.8. The largest absolute Gasteiger partial charge is 0.353 e. The molecule has 0 bridgehead atoms. The normalized spacial score (nSPS) is 15.4. The molecule has 7 nitrogen and oxygen atoms in total. The van der Waals surface area contributed by atoms with Gasteiger partial charge in [-0.25, -0.2) is 4.98 Å². The topological polar surface area (TPSA) is 87.2 Å². The maximum atomic E-state index is 4.72. The highest BCUT2D eigenvalue weighted by Crippen LogP contribution is 2.33. The first-order valence-electron chi connectivity index (χ1n) is 10.4. The third kappa shape index (κ3) is 2.81. The molecule has 1 saturated heterocycles. The first kappa shape index (κ1) is 17.4. The standard InChI is InChI=1S/C23H23N7/c1-14-12-30(13-26-14)22-4-2-3-18-16(22)9-20(27-18)23-17-10-19(15-5-7-24-8-6-15)25-11-21(17)28-29-23/h2-4,9-13,15,24,27H,5-8H2,1H3,(H,28,29). The molecule has 0 aliphatic carbocycles. The van der Waals surface area contributed by atoms with Crippen LogP contribution in [0, 0.1) is 6.92 Å². The summed E-state index contributed by atoms with van der Waals surface area (Å²) in [6.45, 7) is 4.12. The predicted octanol–water partition coefficient (Wildman–Crippen LogP) is 4.07. The molecule has 6 rings (SSSR count). The number of H-pyrrole nitrogens is 2. The number of nitrogens with one attached hydrogen (secondary N) is 3. The van der Waals surface area contributed by atoms with Crippen molar-refractivity contribution in [3.63, 3.8) is 0 Å². The Balaban J connectivity index is 1.47. The maximum Gasteiger partial charge on any atom is 0.116 e. The predicted molar refractivity (Wildman–Crippen MR) is 118 cm³/mol. The lowest BCUT2D eigenvalue weighted by Crippen LogP contribution is -2.27. The number of pyridine rings is 1. The van der Waals surface area contributed by atoms with Crippen LogP contribution in [0.25, 0.3) is 38.9 Å². The highest BCUT2D eigenvalue weighted by atomic mass is 15.1. The lowest BCUT2D eigenvalue weighted by Gasteiger charge is -2.22. The van der Waals surface area contributed by atoms with Crippen molar-refractivity contribution in [3.8, 4) is 17.1 Å². The minimum Gasteiger partial charge on any atom is -0.353 e. The van der Waals surface area contributed by atoms with Crippen LogP contribution in [-0.2, 0) is 0 Å². The van der Waals surface area contributed by atoms with Crippen molar-refractivity contribution in [2.24, 2.45) is 0 Å². The number of nitrogens with zero attached hydrogens (tertiary/aromatic N) is 4. The van der Waals surface area contributed by atoms with Gasteiger partial charge in [0.05, 0.1) is 35.1 Å². The number of hydrogen-bond donors (Lipinski definition) is 3. The molecule has 1 aromatic carbocycles. The zero-order chi connectivity index (χ0) is 20.1. The molecule has 0 atom stereocenters. The van der Waals surface area contributed by atoms with Crippen LogP contribution in [0.1, 0.15) is 30.1 Å². The molecule has 1 aliphatic heterocycles. The summed E-state index contributed by atoms with van der Waals surface area (Å²) in [5.41, 5.74) is 7.25. The quantitative estimate of drug-likeness (QED) is 0.428. The number of benzene rings is 1. The van der Waals surface area contributed by atoms with Crippen molar-refractivity contribution in [2.75, 3.05) is 13.1 Å². The minimum absolute atomic E-state index is 0.511. The monoisotopic (exact) mass is 397 g/mol. The number of fused-ring (bicyclic) bond motifs is 2. The number of piperidine rings is 1. The van der Waals surface area contributed by atoms with E-state index in [0.29, 0.717) is 5.92 Å². The molecule has 5 aromatic rings. The van der Waals surface area contributed by atoms with E-state index in [1.54, 1.807) is 0 Å². The van der Waals surface area contributed by atoms with Gasteiger partial charge in [-0.15, -0.1) is 0 Å². The van der Waals surface area contributed by atoms with E-state index in [4.69, 9.17) is 4.98 Å². The van der Waals surface area contributed by atoms with E-state index in [9.17, 15) is 0 Å². The smallest absolute Gasteiger partial charge is 0.116 e. The molecular formula is C23H23N7. The molecule has 150 valence electrons. The second kappa shape index (κ2) is 6.81. The summed E-state index contributed by atoms with van der Waals surface area (Å²) in [5.74, 6) is 0.511. The molecule has 0 radical (unpaired) electrons.